The van der Waals surface area contributed by atoms with Gasteiger partial charge in [0.2, 0.25) is 5.91 Å². The largest absolute Gasteiger partial charge is 0.326 e. The summed E-state index contributed by atoms with van der Waals surface area (Å²) in [5, 5.41) is 2.83. The molecule has 17 heavy (non-hydrogen) atoms. The molecule has 1 amide bonds. The van der Waals surface area contributed by atoms with Gasteiger partial charge in [0.1, 0.15) is 5.78 Å². The van der Waals surface area contributed by atoms with Crippen LogP contribution in [0.2, 0.25) is 0 Å². The third-order valence-electron chi connectivity index (χ3n) is 2.43. The Hall–Kier alpha value is -1.16. The van der Waals surface area contributed by atoms with Gasteiger partial charge in [-0.05, 0) is 37.1 Å². The molecular weight excluding hydrogens is 282 g/mol. The van der Waals surface area contributed by atoms with Crippen molar-refractivity contribution in [2.75, 3.05) is 5.32 Å². The number of aryl methyl sites for hydroxylation is 1. The second-order valence-electron chi connectivity index (χ2n) is 3.91. The van der Waals surface area contributed by atoms with Crippen LogP contribution >= 0.6 is 15.9 Å². The molecule has 0 aliphatic rings. The van der Waals surface area contributed by atoms with Gasteiger partial charge < -0.3 is 10.1 Å². The molecule has 0 aliphatic carbocycles. The number of nitrogens with one attached hydrogen (secondary N) is 1. The molecule has 92 valence electrons. The quantitative estimate of drug-likeness (QED) is 0.906. The molecule has 0 atom stereocenters. The lowest BCUT2D eigenvalue weighted by molar-refractivity contribution is -0.121. The Morgan fingerprint density at radius 2 is 2.00 bits per heavy atom. The molecule has 0 heterocycles. The molecule has 1 rings (SSSR count). The number of hydrogen-bond acceptors (Lipinski definition) is 2. The molecule has 0 saturated carbocycles. The Bertz CT molecular complexity index is 429. The number of Topliss-reactive ketones (excluding diaryl/α,β-unsaturated/α-hetero) is 1. The van der Waals surface area contributed by atoms with Crippen molar-refractivity contribution in [3.63, 3.8) is 0 Å². The van der Waals surface area contributed by atoms with Crippen LogP contribution in [0.5, 0.6) is 0 Å². The highest BCUT2D eigenvalue weighted by Gasteiger charge is 2.07. The summed E-state index contributed by atoms with van der Waals surface area (Å²) in [6.45, 7) is 3.53. The number of amides is 1. The highest BCUT2D eigenvalue weighted by Crippen LogP contribution is 2.21. The number of hydrogen-bond donors (Lipinski definition) is 1. The van der Waals surface area contributed by atoms with E-state index in [2.05, 4.69) is 21.2 Å². The summed E-state index contributed by atoms with van der Waals surface area (Å²) in [4.78, 5) is 22.4. The summed E-state index contributed by atoms with van der Waals surface area (Å²) >= 11 is 3.40. The molecule has 0 aliphatic heterocycles. The number of rotatable bonds is 5. The predicted molar refractivity (Wildman–Crippen MR) is 72.1 cm³/mol. The minimum absolute atomic E-state index is 0.0340. The van der Waals surface area contributed by atoms with Crippen molar-refractivity contribution in [1.82, 2.24) is 0 Å². The molecule has 0 saturated heterocycles. The molecule has 0 radical (unpaired) electrons. The number of benzene rings is 1. The van der Waals surface area contributed by atoms with Crippen molar-refractivity contribution in [2.45, 2.75) is 33.1 Å². The van der Waals surface area contributed by atoms with E-state index in [4.69, 9.17) is 0 Å². The van der Waals surface area contributed by atoms with E-state index in [1.54, 1.807) is 0 Å². The van der Waals surface area contributed by atoms with E-state index in [-0.39, 0.29) is 18.1 Å². The summed E-state index contributed by atoms with van der Waals surface area (Å²) < 4.78 is 0.996. The zero-order chi connectivity index (χ0) is 12.8. The fourth-order valence-corrected chi connectivity index (χ4v) is 1.89. The highest BCUT2D eigenvalue weighted by molar-refractivity contribution is 9.10. The Balaban J connectivity index is 2.67. The van der Waals surface area contributed by atoms with Gasteiger partial charge in [-0.3, -0.25) is 4.79 Å². The average molecular weight is 298 g/mol. The zero-order valence-electron chi connectivity index (χ0n) is 10.0. The van der Waals surface area contributed by atoms with Gasteiger partial charge in [-0.15, -0.1) is 0 Å². The lowest BCUT2D eigenvalue weighted by Gasteiger charge is -2.10. The van der Waals surface area contributed by atoms with Gasteiger partial charge in [0.05, 0.1) is 0 Å². The normalized spacial score (nSPS) is 10.1. The van der Waals surface area contributed by atoms with E-state index < -0.39 is 0 Å². The van der Waals surface area contributed by atoms with E-state index in [9.17, 15) is 9.59 Å². The lowest BCUT2D eigenvalue weighted by Crippen LogP contribution is -2.13. The summed E-state index contributed by atoms with van der Waals surface area (Å²) in [5.41, 5.74) is 1.90. The zero-order valence-corrected chi connectivity index (χ0v) is 11.6. The summed E-state index contributed by atoms with van der Waals surface area (Å²) in [6, 6.07) is 5.74. The second-order valence-corrected chi connectivity index (χ2v) is 4.82. The van der Waals surface area contributed by atoms with Gasteiger partial charge in [-0.2, -0.15) is 0 Å². The SMILES string of the molecule is CCc1cc(Br)ccc1NC(=O)CCC(C)=O. The molecule has 3 nitrogen and oxygen atoms in total. The monoisotopic (exact) mass is 297 g/mol. The maximum atomic E-state index is 11.6. The van der Waals surface area contributed by atoms with Gasteiger partial charge in [-0.25, -0.2) is 0 Å². The topological polar surface area (TPSA) is 46.2 Å². The number of carbonyl (C=O) groups is 2. The third-order valence-corrected chi connectivity index (χ3v) is 2.92. The molecule has 0 fully saturated rings. The van der Waals surface area contributed by atoms with Gasteiger partial charge in [0, 0.05) is 23.0 Å². The Morgan fingerprint density at radius 1 is 1.29 bits per heavy atom. The van der Waals surface area contributed by atoms with Gasteiger partial charge in [0.25, 0.3) is 0 Å². The van der Waals surface area contributed by atoms with Crippen molar-refractivity contribution in [3.05, 3.63) is 28.2 Å². The summed E-state index contributed by atoms with van der Waals surface area (Å²) in [5.74, 6) is -0.0797. The van der Waals surface area contributed by atoms with E-state index in [0.717, 1.165) is 22.1 Å². The van der Waals surface area contributed by atoms with Gasteiger partial charge in [0.15, 0.2) is 0 Å². The number of ketones is 1. The number of carbonyl (C=O) groups excluding carboxylic acids is 2. The molecule has 1 aromatic carbocycles. The fourth-order valence-electron chi connectivity index (χ4n) is 1.48. The Kier molecular flexibility index (Phi) is 5.35. The van der Waals surface area contributed by atoms with Crippen LogP contribution in [0.4, 0.5) is 5.69 Å². The Morgan fingerprint density at radius 3 is 2.59 bits per heavy atom. The first-order chi connectivity index (χ1) is 8.02. The van der Waals surface area contributed by atoms with E-state index >= 15 is 0 Å². The maximum Gasteiger partial charge on any atom is 0.224 e. The summed E-state index contributed by atoms with van der Waals surface area (Å²) in [6.07, 6.45) is 1.39. The highest BCUT2D eigenvalue weighted by atomic mass is 79.9. The molecule has 0 aromatic heterocycles. The first kappa shape index (κ1) is 13.9. The van der Waals surface area contributed by atoms with E-state index in [1.807, 2.05) is 25.1 Å². The molecule has 0 spiro atoms. The van der Waals surface area contributed by atoms with E-state index in [0.29, 0.717) is 6.42 Å². The fraction of sp³-hybridized carbons (Fsp3) is 0.385. The average Bonchev–Trinajstić information content (AvgIpc) is 2.28. The molecule has 4 heteroatoms. The van der Waals surface area contributed by atoms with E-state index in [1.165, 1.54) is 6.92 Å². The van der Waals surface area contributed by atoms with Crippen molar-refractivity contribution >= 4 is 33.3 Å². The van der Waals surface area contributed by atoms with Crippen LogP contribution in [-0.4, -0.2) is 11.7 Å². The van der Waals surface area contributed by atoms with Crippen molar-refractivity contribution in [3.8, 4) is 0 Å². The first-order valence-electron chi connectivity index (χ1n) is 5.60. The van der Waals surface area contributed by atoms with Crippen LogP contribution in [0.3, 0.4) is 0 Å². The second kappa shape index (κ2) is 6.55. The van der Waals surface area contributed by atoms with Crippen molar-refractivity contribution in [1.29, 1.82) is 0 Å². The molecular formula is C13H16BrNO2. The third kappa shape index (κ3) is 4.69. The minimum Gasteiger partial charge on any atom is -0.326 e. The van der Waals surface area contributed by atoms with Crippen LogP contribution < -0.4 is 5.32 Å². The standard InChI is InChI=1S/C13H16BrNO2/c1-3-10-8-11(14)5-6-12(10)15-13(17)7-4-9(2)16/h5-6,8H,3-4,7H2,1-2H3,(H,15,17). The Labute approximate surface area is 110 Å². The van der Waals surface area contributed by atoms with Crippen molar-refractivity contribution < 1.29 is 9.59 Å². The smallest absolute Gasteiger partial charge is 0.224 e. The lowest BCUT2D eigenvalue weighted by atomic mass is 10.1. The van der Waals surface area contributed by atoms with Crippen LogP contribution in [0.25, 0.3) is 0 Å². The van der Waals surface area contributed by atoms with Crippen LogP contribution in [0.15, 0.2) is 22.7 Å². The molecule has 0 bridgehead atoms. The minimum atomic E-state index is -0.114. The van der Waals surface area contributed by atoms with Crippen molar-refractivity contribution in [2.24, 2.45) is 0 Å². The van der Waals surface area contributed by atoms with Crippen LogP contribution in [0, 0.1) is 0 Å². The van der Waals surface area contributed by atoms with Crippen LogP contribution in [0.1, 0.15) is 32.3 Å². The first-order valence-corrected chi connectivity index (χ1v) is 6.40. The predicted octanol–water partition coefficient (Wildman–Crippen LogP) is 3.32. The molecule has 0 unspecified atom stereocenters. The number of anilines is 1. The maximum absolute atomic E-state index is 11.6. The van der Waals surface area contributed by atoms with Gasteiger partial charge in [-0.1, -0.05) is 22.9 Å². The van der Waals surface area contributed by atoms with Gasteiger partial charge >= 0.3 is 0 Å². The summed E-state index contributed by atoms with van der Waals surface area (Å²) in [7, 11) is 0. The van der Waals surface area contributed by atoms with Crippen LogP contribution in [-0.2, 0) is 16.0 Å². The molecule has 1 aromatic rings. The number of halogens is 1. The molecule has 1 N–H and O–H groups in total.